The maximum Gasteiger partial charge on any atom is 0.534 e. The molecule has 6 nitrogen and oxygen atoms in total. The van der Waals surface area contributed by atoms with Crippen molar-refractivity contribution in [2.24, 2.45) is 0 Å². The molecule has 174 valence electrons. The lowest BCUT2D eigenvalue weighted by Crippen LogP contribution is -2.39. The molecular weight excluding hydrogens is 447 g/mol. The fraction of sp³-hybridized carbons (Fsp3) is 0.455. The van der Waals surface area contributed by atoms with Crippen LogP contribution >= 0.6 is 0 Å². The quantitative estimate of drug-likeness (QED) is 0.492. The number of hydrogen-bond acceptors (Lipinski definition) is 6. The zero-order valence-electron chi connectivity index (χ0n) is 17.7. The Morgan fingerprint density at radius 2 is 1.97 bits per heavy atom. The Morgan fingerprint density at radius 1 is 1.22 bits per heavy atom. The van der Waals surface area contributed by atoms with Crippen molar-refractivity contribution in [3.8, 4) is 28.4 Å². The Balaban J connectivity index is 1.86. The van der Waals surface area contributed by atoms with E-state index in [-0.39, 0.29) is 11.6 Å². The molecule has 0 radical (unpaired) electrons. The summed E-state index contributed by atoms with van der Waals surface area (Å²) in [6, 6.07) is 6.33. The average Bonchev–Trinajstić information content (AvgIpc) is 2.74. The summed E-state index contributed by atoms with van der Waals surface area (Å²) >= 11 is 0. The van der Waals surface area contributed by atoms with Crippen molar-refractivity contribution >= 4 is 10.1 Å². The van der Waals surface area contributed by atoms with Crippen LogP contribution in [0.5, 0.6) is 17.2 Å². The van der Waals surface area contributed by atoms with Crippen molar-refractivity contribution in [3.05, 3.63) is 41.0 Å². The van der Waals surface area contributed by atoms with Crippen molar-refractivity contribution in [1.82, 2.24) is 4.90 Å². The molecule has 10 heteroatoms. The van der Waals surface area contributed by atoms with Crippen LogP contribution in [-0.2, 0) is 23.0 Å². The highest BCUT2D eigenvalue weighted by Gasteiger charge is 2.49. The molecule has 0 spiro atoms. The van der Waals surface area contributed by atoms with E-state index in [2.05, 4.69) is 16.0 Å². The minimum absolute atomic E-state index is 0.0591. The van der Waals surface area contributed by atoms with E-state index >= 15 is 0 Å². The number of methoxy groups -OCH3 is 1. The number of nitrogens with zero attached hydrogens (tertiary/aromatic N) is 1. The zero-order chi connectivity index (χ0) is 23.3. The van der Waals surface area contributed by atoms with Crippen molar-refractivity contribution in [3.63, 3.8) is 0 Å². The summed E-state index contributed by atoms with van der Waals surface area (Å²) in [5.74, 6) is -0.828. The van der Waals surface area contributed by atoms with Crippen LogP contribution in [0.2, 0.25) is 0 Å². The average molecular weight is 471 g/mol. The maximum atomic E-state index is 12.8. The number of rotatable bonds is 6. The molecule has 0 unspecified atom stereocenters. The fourth-order valence-electron chi connectivity index (χ4n) is 4.60. The second kappa shape index (κ2) is 8.15. The highest BCUT2D eigenvalue weighted by molar-refractivity contribution is 7.88. The van der Waals surface area contributed by atoms with Gasteiger partial charge >= 0.3 is 15.6 Å². The molecule has 2 aliphatic rings. The first-order valence-corrected chi connectivity index (χ1v) is 11.8. The van der Waals surface area contributed by atoms with Gasteiger partial charge in [0.1, 0.15) is 5.75 Å². The maximum absolute atomic E-state index is 12.8. The second-order valence-electron chi connectivity index (χ2n) is 8.04. The number of unbranched alkanes of at least 4 members (excludes halogenated alkanes) is 1. The number of fused-ring (bicyclic) bond motifs is 2. The molecule has 2 aromatic rings. The third kappa shape index (κ3) is 3.79. The third-order valence-electron chi connectivity index (χ3n) is 6.11. The molecule has 1 atom stereocenters. The van der Waals surface area contributed by atoms with Gasteiger partial charge in [0.15, 0.2) is 11.5 Å². The van der Waals surface area contributed by atoms with Gasteiger partial charge in [0.25, 0.3) is 0 Å². The van der Waals surface area contributed by atoms with Gasteiger partial charge in [-0.3, -0.25) is 4.90 Å². The van der Waals surface area contributed by atoms with Gasteiger partial charge in [0.05, 0.1) is 7.11 Å². The minimum atomic E-state index is -5.91. The number of hydrogen-bond donors (Lipinski definition) is 1. The Kier molecular flexibility index (Phi) is 5.79. The van der Waals surface area contributed by atoms with Gasteiger partial charge in [-0.2, -0.15) is 21.6 Å². The molecular formula is C22H24F3NO5S. The largest absolute Gasteiger partial charge is 0.534 e. The summed E-state index contributed by atoms with van der Waals surface area (Å²) in [5.41, 5.74) is -1.94. The first-order chi connectivity index (χ1) is 15.1. The molecule has 0 bridgehead atoms. The smallest absolute Gasteiger partial charge is 0.504 e. The van der Waals surface area contributed by atoms with Gasteiger partial charge in [-0.1, -0.05) is 19.4 Å². The van der Waals surface area contributed by atoms with E-state index in [4.69, 9.17) is 4.74 Å². The Bertz CT molecular complexity index is 1150. The van der Waals surface area contributed by atoms with Crippen molar-refractivity contribution < 1.29 is 35.6 Å². The molecule has 1 heterocycles. The van der Waals surface area contributed by atoms with Gasteiger partial charge in [-0.05, 0) is 66.3 Å². The van der Waals surface area contributed by atoms with Crippen molar-refractivity contribution in [1.29, 1.82) is 0 Å². The molecule has 2 aromatic carbocycles. The second-order valence-corrected chi connectivity index (χ2v) is 9.57. The van der Waals surface area contributed by atoms with Gasteiger partial charge < -0.3 is 14.0 Å². The first-order valence-electron chi connectivity index (χ1n) is 10.4. The number of phenolic OH excluding ortho intramolecular Hbond substituents is 1. The Morgan fingerprint density at radius 3 is 2.62 bits per heavy atom. The summed E-state index contributed by atoms with van der Waals surface area (Å²) in [6.45, 7) is 3.91. The van der Waals surface area contributed by atoms with E-state index in [1.54, 1.807) is 6.07 Å². The van der Waals surface area contributed by atoms with E-state index in [9.17, 15) is 26.7 Å². The van der Waals surface area contributed by atoms with Crippen LogP contribution in [0.4, 0.5) is 13.2 Å². The Labute approximate surface area is 184 Å². The number of phenols is 1. The molecule has 0 fully saturated rings. The van der Waals surface area contributed by atoms with E-state index in [0.717, 1.165) is 49.5 Å². The van der Waals surface area contributed by atoms with Crippen LogP contribution in [0.3, 0.4) is 0 Å². The number of ether oxygens (including phenoxy) is 1. The molecule has 32 heavy (non-hydrogen) atoms. The van der Waals surface area contributed by atoms with Gasteiger partial charge in [0.2, 0.25) is 0 Å². The molecule has 1 N–H and O–H groups in total. The van der Waals surface area contributed by atoms with E-state index < -0.39 is 27.1 Å². The van der Waals surface area contributed by atoms with Crippen LogP contribution in [0.25, 0.3) is 11.1 Å². The number of halogens is 3. The topological polar surface area (TPSA) is 76.1 Å². The van der Waals surface area contributed by atoms with Crippen LogP contribution in [-0.4, -0.2) is 44.1 Å². The van der Waals surface area contributed by atoms with Crippen LogP contribution in [0.15, 0.2) is 24.3 Å². The highest BCUT2D eigenvalue weighted by atomic mass is 32.2. The van der Waals surface area contributed by atoms with Crippen molar-refractivity contribution in [2.75, 3.05) is 20.2 Å². The summed E-state index contributed by atoms with van der Waals surface area (Å²) in [5, 5.41) is 10.8. The minimum Gasteiger partial charge on any atom is -0.504 e. The van der Waals surface area contributed by atoms with E-state index in [1.165, 1.54) is 13.2 Å². The van der Waals surface area contributed by atoms with Crippen LogP contribution in [0, 0.1) is 0 Å². The lowest BCUT2D eigenvalue weighted by molar-refractivity contribution is -0.0500. The lowest BCUT2D eigenvalue weighted by atomic mass is 9.76. The standard InChI is InChI=1S/C22H24F3NO5S/c1-3-4-8-26-9-7-14-10-15(30-2)12-16-19(14)17(26)11-13-5-6-18(21(27)20(13)16)31-32(28,29)22(23,24)25/h5-6,10,12,17,27H,3-4,7-9,11H2,1-2H3/t17-/m1/s1. The molecule has 0 saturated heterocycles. The molecule has 0 aromatic heterocycles. The lowest BCUT2D eigenvalue weighted by Gasteiger charge is -2.42. The van der Waals surface area contributed by atoms with Crippen LogP contribution in [0.1, 0.15) is 42.5 Å². The fourth-order valence-corrected chi connectivity index (χ4v) is 5.06. The number of alkyl halides is 3. The normalized spacial score (nSPS) is 18.1. The van der Waals surface area contributed by atoms with Gasteiger partial charge in [-0.25, -0.2) is 0 Å². The highest BCUT2D eigenvalue weighted by Crippen LogP contribution is 2.52. The third-order valence-corrected chi connectivity index (χ3v) is 7.07. The summed E-state index contributed by atoms with van der Waals surface area (Å²) in [7, 11) is -4.40. The Hall–Kier alpha value is -2.46. The molecule has 4 rings (SSSR count). The molecule has 1 aliphatic carbocycles. The van der Waals surface area contributed by atoms with Crippen LogP contribution < -0.4 is 8.92 Å². The monoisotopic (exact) mass is 471 g/mol. The predicted octanol–water partition coefficient (Wildman–Crippen LogP) is 4.55. The summed E-state index contributed by atoms with van der Waals surface area (Å²) in [4.78, 5) is 2.39. The molecule has 1 aliphatic heterocycles. The summed E-state index contributed by atoms with van der Waals surface area (Å²) < 4.78 is 71.1. The van der Waals surface area contributed by atoms with Gasteiger partial charge in [-0.15, -0.1) is 0 Å². The molecule has 0 saturated carbocycles. The molecule has 0 amide bonds. The first kappa shape index (κ1) is 22.7. The van der Waals surface area contributed by atoms with E-state index in [1.807, 2.05) is 6.07 Å². The van der Waals surface area contributed by atoms with E-state index in [0.29, 0.717) is 23.3 Å². The zero-order valence-corrected chi connectivity index (χ0v) is 18.5. The number of benzene rings is 2. The van der Waals surface area contributed by atoms with Gasteiger partial charge in [0, 0.05) is 18.2 Å². The summed E-state index contributed by atoms with van der Waals surface area (Å²) in [6.07, 6.45) is 3.41. The van der Waals surface area contributed by atoms with Crippen molar-refractivity contribution in [2.45, 2.75) is 44.2 Å². The number of aromatic hydroxyl groups is 1. The SMILES string of the molecule is CCCCN1CCc2cc(OC)cc3c2[C@H]1Cc1ccc(OS(=O)(=O)C(F)(F)F)c(O)c1-3. The predicted molar refractivity (Wildman–Crippen MR) is 112 cm³/mol.